The smallest absolute Gasteiger partial charge is 0.252 e. The van der Waals surface area contributed by atoms with Crippen molar-refractivity contribution in [1.82, 2.24) is 15.5 Å². The van der Waals surface area contributed by atoms with Gasteiger partial charge in [0, 0.05) is 55.9 Å². The fraction of sp³-hybridized carbons (Fsp3) is 0.417. The molecule has 7 nitrogen and oxygen atoms in total. The van der Waals surface area contributed by atoms with Crippen molar-refractivity contribution < 1.29 is 14.6 Å². The molecule has 3 aromatic carbocycles. The summed E-state index contributed by atoms with van der Waals surface area (Å²) in [7, 11) is 0. The van der Waals surface area contributed by atoms with Crippen molar-refractivity contribution in [2.24, 2.45) is 0 Å². The van der Waals surface area contributed by atoms with Gasteiger partial charge in [-0.15, -0.1) is 0 Å². The van der Waals surface area contributed by atoms with Gasteiger partial charge in [0.2, 0.25) is 0 Å². The van der Waals surface area contributed by atoms with Crippen molar-refractivity contribution in [3.63, 3.8) is 0 Å². The molecule has 1 amide bonds. The first-order valence-electron chi connectivity index (χ1n) is 16.3. The number of aliphatic hydroxyl groups excluding tert-OH is 1. The molecule has 0 radical (unpaired) electrons. The van der Waals surface area contributed by atoms with Crippen LogP contribution in [0.15, 0.2) is 60.2 Å². The maximum Gasteiger partial charge on any atom is 0.252 e. The lowest BCUT2D eigenvalue weighted by Crippen LogP contribution is -2.60. The minimum Gasteiger partial charge on any atom is -0.485 e. The van der Waals surface area contributed by atoms with Gasteiger partial charge in [-0.2, -0.15) is 0 Å². The zero-order valence-electron chi connectivity index (χ0n) is 26.1. The summed E-state index contributed by atoms with van der Waals surface area (Å²) in [6.07, 6.45) is 2.84. The molecule has 0 aromatic heterocycles. The zero-order valence-corrected chi connectivity index (χ0v) is 29.1. The Morgan fingerprint density at radius 3 is 2.47 bits per heavy atom. The fourth-order valence-corrected chi connectivity index (χ4v) is 8.01. The van der Waals surface area contributed by atoms with Crippen LogP contribution in [0.4, 0.5) is 5.69 Å². The van der Waals surface area contributed by atoms with Gasteiger partial charge in [0.15, 0.2) is 5.75 Å². The van der Waals surface area contributed by atoms with E-state index in [-0.39, 0.29) is 30.1 Å². The number of amides is 1. The van der Waals surface area contributed by atoms with Crippen LogP contribution < -0.4 is 20.3 Å². The average molecular weight is 717 g/mol. The summed E-state index contributed by atoms with van der Waals surface area (Å²) in [6.45, 7) is 5.21. The molecular formula is C36H38Cl4N4O3. The van der Waals surface area contributed by atoms with Gasteiger partial charge in [-0.05, 0) is 78.8 Å². The molecule has 4 atom stereocenters. The molecule has 2 saturated heterocycles. The molecule has 1 saturated carbocycles. The van der Waals surface area contributed by atoms with Gasteiger partial charge in [0.05, 0.1) is 38.8 Å². The van der Waals surface area contributed by atoms with E-state index in [9.17, 15) is 9.90 Å². The number of benzene rings is 3. The molecule has 4 aliphatic rings. The van der Waals surface area contributed by atoms with Crippen LogP contribution in [0.5, 0.6) is 5.75 Å². The molecule has 3 fully saturated rings. The minimum atomic E-state index is -0.666. The Morgan fingerprint density at radius 2 is 1.77 bits per heavy atom. The van der Waals surface area contributed by atoms with Gasteiger partial charge in [-0.3, -0.25) is 4.79 Å². The topological polar surface area (TPSA) is 77.1 Å². The van der Waals surface area contributed by atoms with Crippen molar-refractivity contribution in [1.29, 1.82) is 0 Å². The molecule has 0 spiro atoms. The number of ether oxygens (including phenoxy) is 1. The predicted molar refractivity (Wildman–Crippen MR) is 190 cm³/mol. The first-order valence-corrected chi connectivity index (χ1v) is 17.8. The van der Waals surface area contributed by atoms with Crippen molar-refractivity contribution in [2.75, 3.05) is 31.1 Å². The van der Waals surface area contributed by atoms with Crippen LogP contribution in [0, 0.1) is 0 Å². The molecule has 3 aromatic rings. The SMILES string of the molecule is C[C@H](O)c1cc(Cl)c(O[C@@H]2CCN(c3ccc(C4=C(C(=O)N(Cc5cccc(Cl)c5Cl)C5CC5)[C@@H]5CNC[C@H](C4)N5)cc3)C2)c(Cl)c1. The molecule has 248 valence electrons. The fourth-order valence-electron chi connectivity index (χ4n) is 7.03. The molecule has 47 heavy (non-hydrogen) atoms. The standard InChI is InChI=1S/C36H38Cl4N4O3/c1-20(45)23-13-30(38)35(31(39)14-23)47-27-11-12-43(19-27)25-7-5-21(6-8-25)28-15-24-16-41-17-32(42-24)33(28)36(46)44(26-9-10-26)18-22-3-2-4-29(37)34(22)40/h2-8,13-14,20,24,26-27,32,41-42,45H,9-12,15-19H2,1H3/t20-,24-,27+,32-/m0/s1. The number of anilines is 1. The molecule has 3 heterocycles. The highest BCUT2D eigenvalue weighted by atomic mass is 35.5. The summed E-state index contributed by atoms with van der Waals surface area (Å²) in [6, 6.07) is 18.0. The molecular weight excluding hydrogens is 678 g/mol. The third-order valence-corrected chi connectivity index (χ3v) is 11.1. The van der Waals surface area contributed by atoms with Crippen LogP contribution in [0.2, 0.25) is 20.1 Å². The highest BCUT2D eigenvalue weighted by molar-refractivity contribution is 6.42. The minimum absolute atomic E-state index is 0.0643. The Bertz CT molecular complexity index is 1670. The van der Waals surface area contributed by atoms with Crippen LogP contribution in [0.25, 0.3) is 5.57 Å². The largest absolute Gasteiger partial charge is 0.485 e. The number of hydrogen-bond donors (Lipinski definition) is 3. The Hall–Kier alpha value is -2.49. The lowest BCUT2D eigenvalue weighted by molar-refractivity contribution is -0.128. The maximum absolute atomic E-state index is 14.5. The predicted octanol–water partition coefficient (Wildman–Crippen LogP) is 7.29. The summed E-state index contributed by atoms with van der Waals surface area (Å²) < 4.78 is 6.26. The van der Waals surface area contributed by atoms with Crippen molar-refractivity contribution in [3.8, 4) is 5.75 Å². The number of piperazine rings is 1. The Morgan fingerprint density at radius 1 is 1.02 bits per heavy atom. The molecule has 1 aliphatic carbocycles. The van der Waals surface area contributed by atoms with E-state index in [1.54, 1.807) is 25.1 Å². The van der Waals surface area contributed by atoms with E-state index in [2.05, 4.69) is 39.8 Å². The summed E-state index contributed by atoms with van der Waals surface area (Å²) in [5.74, 6) is 0.522. The van der Waals surface area contributed by atoms with E-state index < -0.39 is 6.10 Å². The number of nitrogens with zero attached hydrogens (tertiary/aromatic N) is 2. The number of aliphatic hydroxyl groups is 1. The first-order chi connectivity index (χ1) is 22.7. The number of carbonyl (C=O) groups excluding carboxylic acids is 1. The van der Waals surface area contributed by atoms with Crippen LogP contribution in [0.3, 0.4) is 0 Å². The van der Waals surface area contributed by atoms with E-state index >= 15 is 0 Å². The molecule has 3 N–H and O–H groups in total. The normalized spacial score (nSPS) is 23.2. The monoisotopic (exact) mass is 714 g/mol. The summed E-state index contributed by atoms with van der Waals surface area (Å²) in [5, 5.41) is 18.9. The number of halogens is 4. The number of nitrogens with one attached hydrogen (secondary N) is 2. The summed E-state index contributed by atoms with van der Waals surface area (Å²) in [4.78, 5) is 18.8. The van der Waals surface area contributed by atoms with Crippen molar-refractivity contribution >= 4 is 63.6 Å². The van der Waals surface area contributed by atoms with E-state index in [0.717, 1.165) is 66.7 Å². The van der Waals surface area contributed by atoms with E-state index in [0.29, 0.717) is 51.0 Å². The van der Waals surface area contributed by atoms with Crippen molar-refractivity contribution in [2.45, 2.75) is 69.5 Å². The highest BCUT2D eigenvalue weighted by Crippen LogP contribution is 2.40. The summed E-state index contributed by atoms with van der Waals surface area (Å²) in [5.41, 5.74) is 5.66. The van der Waals surface area contributed by atoms with Gasteiger partial charge in [0.1, 0.15) is 6.10 Å². The van der Waals surface area contributed by atoms with Crippen LogP contribution >= 0.6 is 46.4 Å². The number of carbonyl (C=O) groups is 1. The van der Waals surface area contributed by atoms with E-state index in [4.69, 9.17) is 51.1 Å². The van der Waals surface area contributed by atoms with Crippen molar-refractivity contribution in [3.05, 3.63) is 97.0 Å². The Balaban J connectivity index is 1.11. The summed E-state index contributed by atoms with van der Waals surface area (Å²) >= 11 is 25.9. The lowest BCUT2D eigenvalue weighted by atomic mass is 9.83. The highest BCUT2D eigenvalue weighted by Gasteiger charge is 2.41. The zero-order chi connectivity index (χ0) is 32.8. The van der Waals surface area contributed by atoms with E-state index in [1.165, 1.54) is 0 Å². The molecule has 3 aliphatic heterocycles. The second-order valence-electron chi connectivity index (χ2n) is 13.1. The molecule has 2 bridgehead atoms. The third kappa shape index (κ3) is 7.00. The quantitative estimate of drug-likeness (QED) is 0.216. The second kappa shape index (κ2) is 13.8. The van der Waals surface area contributed by atoms with Gasteiger partial charge < -0.3 is 30.3 Å². The Labute approximate surface area is 295 Å². The number of fused-ring (bicyclic) bond motifs is 2. The second-order valence-corrected chi connectivity index (χ2v) is 14.7. The Kier molecular flexibility index (Phi) is 9.69. The number of rotatable bonds is 9. The average Bonchev–Trinajstić information content (AvgIpc) is 3.79. The molecule has 7 rings (SSSR count). The maximum atomic E-state index is 14.5. The number of hydrogen-bond acceptors (Lipinski definition) is 6. The first kappa shape index (κ1) is 33.0. The molecule has 0 unspecified atom stereocenters. The van der Waals surface area contributed by atoms with Crippen LogP contribution in [-0.4, -0.2) is 66.3 Å². The van der Waals surface area contributed by atoms with Crippen LogP contribution in [-0.2, 0) is 11.3 Å². The van der Waals surface area contributed by atoms with E-state index in [1.807, 2.05) is 17.0 Å². The lowest BCUT2D eigenvalue weighted by Gasteiger charge is -2.41. The van der Waals surface area contributed by atoms with Gasteiger partial charge >= 0.3 is 0 Å². The molecule has 11 heteroatoms. The third-order valence-electron chi connectivity index (χ3n) is 9.66. The van der Waals surface area contributed by atoms with Gasteiger partial charge in [0.25, 0.3) is 5.91 Å². The van der Waals surface area contributed by atoms with Gasteiger partial charge in [-0.1, -0.05) is 70.7 Å². The van der Waals surface area contributed by atoms with Gasteiger partial charge in [-0.25, -0.2) is 0 Å². The van der Waals surface area contributed by atoms with Crippen LogP contribution in [0.1, 0.15) is 55.4 Å².